The molecular weight excluding hydrogens is 142 g/mol. The van der Waals surface area contributed by atoms with Crippen LogP contribution in [0.25, 0.3) is 0 Å². The lowest BCUT2D eigenvalue weighted by atomic mass is 10.6. The molecule has 46 valence electrons. The minimum Gasteiger partial charge on any atom is -0.395 e. The summed E-state index contributed by atoms with van der Waals surface area (Å²) in [5.74, 6) is 0. The van der Waals surface area contributed by atoms with E-state index in [1.807, 2.05) is 0 Å². The molecule has 0 spiro atoms. The Kier molecular flexibility index (Phi) is 5.05. The van der Waals surface area contributed by atoms with Crippen molar-refractivity contribution >= 4 is 35.4 Å². The van der Waals surface area contributed by atoms with Crippen molar-refractivity contribution in [2.75, 3.05) is 13.2 Å². The first-order valence-corrected chi connectivity index (χ1v) is 3.06. The lowest BCUT2D eigenvalue weighted by Crippen LogP contribution is -2.21. The maximum atomic E-state index is 8.32. The molecule has 0 rings (SSSR count). The normalized spacial score (nSPS) is 8.12. The lowest BCUT2D eigenvalue weighted by Gasteiger charge is -2.07. The van der Waals surface area contributed by atoms with Gasteiger partial charge in [0.2, 0.25) is 0 Å². The van der Waals surface area contributed by atoms with Crippen LogP contribution in [0.2, 0.25) is 0 Å². The Morgan fingerprint density at radius 1 is 1.38 bits per heavy atom. The number of nitrogens with zero attached hydrogens (tertiary/aromatic N) is 1. The average molecular weight is 149 g/mol. The van der Waals surface area contributed by atoms with Crippen LogP contribution in [0, 0.1) is 0 Å². The second-order valence-electron chi connectivity index (χ2n) is 1.17. The molecular formula is C4H7NOS2. The van der Waals surface area contributed by atoms with Crippen LogP contribution in [0.1, 0.15) is 0 Å². The molecule has 0 aromatic carbocycles. The number of thiocarbonyl (C=S) groups is 2. The van der Waals surface area contributed by atoms with E-state index in [0.717, 1.165) is 0 Å². The van der Waals surface area contributed by atoms with E-state index in [0.29, 0.717) is 6.54 Å². The number of hydrogen-bond donors (Lipinski definition) is 1. The van der Waals surface area contributed by atoms with E-state index < -0.39 is 0 Å². The molecule has 0 amide bonds. The maximum Gasteiger partial charge on any atom is 0.0687 e. The van der Waals surface area contributed by atoms with Crippen LogP contribution < -0.4 is 0 Å². The SMILES string of the molecule is OCCN(C=S)C=S. The molecule has 4 heteroatoms. The minimum atomic E-state index is 0.0836. The van der Waals surface area contributed by atoms with Crippen molar-refractivity contribution in [3.05, 3.63) is 0 Å². The van der Waals surface area contributed by atoms with Crippen molar-refractivity contribution in [2.45, 2.75) is 0 Å². The van der Waals surface area contributed by atoms with Gasteiger partial charge in [-0.2, -0.15) is 0 Å². The van der Waals surface area contributed by atoms with Crippen molar-refractivity contribution < 1.29 is 5.11 Å². The Morgan fingerprint density at radius 2 is 1.88 bits per heavy atom. The summed E-state index contributed by atoms with van der Waals surface area (Å²) in [5.41, 5.74) is 2.81. The van der Waals surface area contributed by atoms with E-state index in [2.05, 4.69) is 24.4 Å². The molecule has 0 saturated carbocycles. The van der Waals surface area contributed by atoms with Gasteiger partial charge in [0.15, 0.2) is 0 Å². The first kappa shape index (κ1) is 7.94. The van der Waals surface area contributed by atoms with E-state index >= 15 is 0 Å². The molecule has 0 aliphatic rings. The van der Waals surface area contributed by atoms with Gasteiger partial charge in [-0.3, -0.25) is 0 Å². The Bertz CT molecular complexity index is 78.1. The summed E-state index contributed by atoms with van der Waals surface area (Å²) in [4.78, 5) is 1.56. The lowest BCUT2D eigenvalue weighted by molar-refractivity contribution is 0.281. The van der Waals surface area contributed by atoms with Crippen molar-refractivity contribution in [2.24, 2.45) is 0 Å². The van der Waals surface area contributed by atoms with E-state index in [1.165, 1.54) is 11.0 Å². The average Bonchev–Trinajstić information content (AvgIpc) is 1.83. The van der Waals surface area contributed by atoms with Crippen molar-refractivity contribution in [1.29, 1.82) is 0 Å². The molecule has 0 aromatic heterocycles. The van der Waals surface area contributed by atoms with Gasteiger partial charge in [0.05, 0.1) is 17.6 Å². The molecule has 0 atom stereocenters. The van der Waals surface area contributed by atoms with Crippen molar-refractivity contribution in [1.82, 2.24) is 4.90 Å². The molecule has 0 aliphatic heterocycles. The topological polar surface area (TPSA) is 23.5 Å². The standard InChI is InChI=1S/C4H7NOS2/c6-2-1-5(3-7)4-8/h3-4,6H,1-2H2. The third kappa shape index (κ3) is 3.01. The summed E-state index contributed by atoms with van der Waals surface area (Å²) in [6, 6.07) is 0. The maximum absolute atomic E-state index is 8.32. The second-order valence-corrected chi connectivity index (χ2v) is 1.59. The summed E-state index contributed by atoms with van der Waals surface area (Å²) in [5, 5.41) is 8.32. The van der Waals surface area contributed by atoms with Gasteiger partial charge >= 0.3 is 0 Å². The van der Waals surface area contributed by atoms with Gasteiger partial charge in [0.25, 0.3) is 0 Å². The van der Waals surface area contributed by atoms with Gasteiger partial charge in [-0.25, -0.2) is 0 Å². The van der Waals surface area contributed by atoms with Crippen LogP contribution in [-0.4, -0.2) is 34.1 Å². The summed E-state index contributed by atoms with van der Waals surface area (Å²) in [7, 11) is 0. The zero-order valence-electron chi connectivity index (χ0n) is 4.28. The number of aliphatic hydroxyl groups excluding tert-OH is 1. The quantitative estimate of drug-likeness (QED) is 0.577. The summed E-state index contributed by atoms with van der Waals surface area (Å²) in [6.45, 7) is 0.577. The van der Waals surface area contributed by atoms with Crippen molar-refractivity contribution in [3.8, 4) is 0 Å². The first-order valence-electron chi connectivity index (χ1n) is 2.12. The van der Waals surface area contributed by atoms with Crippen LogP contribution in [-0.2, 0) is 0 Å². The van der Waals surface area contributed by atoms with Gasteiger partial charge in [-0.15, -0.1) is 0 Å². The van der Waals surface area contributed by atoms with Crippen LogP contribution in [0.4, 0.5) is 0 Å². The van der Waals surface area contributed by atoms with E-state index in [-0.39, 0.29) is 6.61 Å². The van der Waals surface area contributed by atoms with Crippen LogP contribution >= 0.6 is 24.4 Å². The number of rotatable bonds is 4. The zero-order valence-corrected chi connectivity index (χ0v) is 5.91. The predicted molar refractivity (Wildman–Crippen MR) is 41.1 cm³/mol. The highest BCUT2D eigenvalue weighted by atomic mass is 32.1. The highest BCUT2D eigenvalue weighted by Crippen LogP contribution is 1.75. The van der Waals surface area contributed by atoms with Crippen molar-refractivity contribution in [3.63, 3.8) is 0 Å². The molecule has 0 unspecified atom stereocenters. The number of aliphatic hydroxyl groups is 1. The largest absolute Gasteiger partial charge is 0.395 e. The number of hydrogen-bond acceptors (Lipinski definition) is 3. The summed E-state index contributed by atoms with van der Waals surface area (Å²) in [6.07, 6.45) is 0. The minimum absolute atomic E-state index is 0.0836. The highest BCUT2D eigenvalue weighted by molar-refractivity contribution is 7.80. The fourth-order valence-corrected chi connectivity index (χ4v) is 0.655. The Labute approximate surface area is 59.1 Å². The summed E-state index contributed by atoms with van der Waals surface area (Å²) >= 11 is 9.06. The first-order chi connectivity index (χ1) is 3.85. The van der Waals surface area contributed by atoms with Gasteiger partial charge in [-0.05, 0) is 0 Å². The van der Waals surface area contributed by atoms with Gasteiger partial charge in [0.1, 0.15) is 0 Å². The fraction of sp³-hybridized carbons (Fsp3) is 0.500. The van der Waals surface area contributed by atoms with Crippen LogP contribution in [0.3, 0.4) is 0 Å². The van der Waals surface area contributed by atoms with Crippen LogP contribution in [0.5, 0.6) is 0 Å². The molecule has 0 heterocycles. The molecule has 8 heavy (non-hydrogen) atoms. The Hall–Kier alpha value is -0.0600. The zero-order chi connectivity index (χ0) is 6.41. The second kappa shape index (κ2) is 5.08. The van der Waals surface area contributed by atoms with E-state index in [9.17, 15) is 0 Å². The fourth-order valence-electron chi connectivity index (χ4n) is 0.246. The van der Waals surface area contributed by atoms with Gasteiger partial charge < -0.3 is 10.0 Å². The molecule has 0 radical (unpaired) electrons. The molecule has 2 nitrogen and oxygen atoms in total. The molecule has 0 fully saturated rings. The van der Waals surface area contributed by atoms with Gasteiger partial charge in [0, 0.05) is 6.54 Å². The molecule has 0 saturated heterocycles. The molecule has 0 aliphatic carbocycles. The molecule has 1 N–H and O–H groups in total. The van der Waals surface area contributed by atoms with E-state index in [1.54, 1.807) is 4.90 Å². The van der Waals surface area contributed by atoms with Crippen LogP contribution in [0.15, 0.2) is 0 Å². The highest BCUT2D eigenvalue weighted by Gasteiger charge is 1.88. The predicted octanol–water partition coefficient (Wildman–Crippen LogP) is 0.195. The monoisotopic (exact) mass is 149 g/mol. The Balaban J connectivity index is 3.35. The Morgan fingerprint density at radius 3 is 2.00 bits per heavy atom. The third-order valence-electron chi connectivity index (χ3n) is 0.629. The van der Waals surface area contributed by atoms with Gasteiger partial charge in [-0.1, -0.05) is 24.4 Å². The molecule has 0 bridgehead atoms. The summed E-state index contributed by atoms with van der Waals surface area (Å²) < 4.78 is 0. The molecule has 0 aromatic rings. The third-order valence-corrected chi connectivity index (χ3v) is 1.17. The smallest absolute Gasteiger partial charge is 0.0687 e. The van der Waals surface area contributed by atoms with E-state index in [4.69, 9.17) is 5.11 Å².